The van der Waals surface area contributed by atoms with E-state index < -0.39 is 0 Å². The van der Waals surface area contributed by atoms with E-state index in [-0.39, 0.29) is 0 Å². The Morgan fingerprint density at radius 2 is 2.29 bits per heavy atom. The zero-order chi connectivity index (χ0) is 14.5. The predicted octanol–water partition coefficient (Wildman–Crippen LogP) is 3.16. The van der Waals surface area contributed by atoms with Crippen molar-refractivity contribution in [3.63, 3.8) is 0 Å². The first-order valence-corrected chi connectivity index (χ1v) is 8.35. The summed E-state index contributed by atoms with van der Waals surface area (Å²) >= 11 is 0. The number of ether oxygens (including phenoxy) is 2. The molecule has 1 saturated heterocycles. The molecule has 1 aromatic rings. The van der Waals surface area contributed by atoms with E-state index >= 15 is 0 Å². The molecule has 3 heteroatoms. The molecule has 3 rings (SSSR count). The van der Waals surface area contributed by atoms with Gasteiger partial charge in [0.15, 0.2) is 0 Å². The number of benzene rings is 1. The van der Waals surface area contributed by atoms with Crippen molar-refractivity contribution in [2.45, 2.75) is 51.2 Å². The molecule has 0 spiro atoms. The van der Waals surface area contributed by atoms with Crippen LogP contribution in [0, 0.1) is 6.92 Å². The number of hydrogen-bond donors (Lipinski definition) is 1. The van der Waals surface area contributed by atoms with Gasteiger partial charge in [-0.1, -0.05) is 23.8 Å². The van der Waals surface area contributed by atoms with Crippen LogP contribution < -0.4 is 5.32 Å². The summed E-state index contributed by atoms with van der Waals surface area (Å²) in [4.78, 5) is 0. The van der Waals surface area contributed by atoms with Crippen molar-refractivity contribution in [1.29, 1.82) is 0 Å². The average Bonchev–Trinajstić information content (AvgIpc) is 3.12. The van der Waals surface area contributed by atoms with Crippen molar-refractivity contribution in [3.8, 4) is 0 Å². The fourth-order valence-electron chi connectivity index (χ4n) is 3.37. The normalized spacial score (nSPS) is 24.4. The summed E-state index contributed by atoms with van der Waals surface area (Å²) in [7, 11) is 0. The number of hydrogen-bond acceptors (Lipinski definition) is 3. The molecule has 0 amide bonds. The van der Waals surface area contributed by atoms with Gasteiger partial charge in [-0.25, -0.2) is 0 Å². The van der Waals surface area contributed by atoms with Crippen molar-refractivity contribution in [1.82, 2.24) is 5.32 Å². The molecule has 2 unspecified atom stereocenters. The minimum Gasteiger partial charge on any atom is -0.379 e. The molecular weight excluding hydrogens is 262 g/mol. The van der Waals surface area contributed by atoms with E-state index in [0.29, 0.717) is 12.1 Å². The molecular formula is C18H27NO2. The summed E-state index contributed by atoms with van der Waals surface area (Å²) in [6.45, 7) is 5.72. The number of fused-ring (bicyclic) bond motifs is 1. The van der Waals surface area contributed by atoms with Crippen LogP contribution in [0.4, 0.5) is 0 Å². The lowest BCUT2D eigenvalue weighted by Gasteiger charge is -2.15. The third-order valence-electron chi connectivity index (χ3n) is 4.56. The molecule has 2 aliphatic rings. The smallest absolute Gasteiger partial charge is 0.0809 e. The van der Waals surface area contributed by atoms with Gasteiger partial charge < -0.3 is 14.8 Å². The highest BCUT2D eigenvalue weighted by atomic mass is 16.5. The Balaban J connectivity index is 1.32. The lowest BCUT2D eigenvalue weighted by Crippen LogP contribution is -2.22. The van der Waals surface area contributed by atoms with E-state index in [9.17, 15) is 0 Å². The summed E-state index contributed by atoms with van der Waals surface area (Å²) in [5, 5.41) is 3.68. The highest BCUT2D eigenvalue weighted by molar-refractivity contribution is 5.37. The zero-order valence-electron chi connectivity index (χ0n) is 13.1. The molecule has 1 aliphatic carbocycles. The summed E-state index contributed by atoms with van der Waals surface area (Å²) in [6, 6.07) is 7.39. The molecule has 0 saturated carbocycles. The maximum absolute atomic E-state index is 5.71. The average molecular weight is 289 g/mol. The summed E-state index contributed by atoms with van der Waals surface area (Å²) in [6.07, 6.45) is 6.22. The van der Waals surface area contributed by atoms with Gasteiger partial charge in [0.25, 0.3) is 0 Å². The van der Waals surface area contributed by atoms with Crippen LogP contribution in [0.25, 0.3) is 0 Å². The van der Waals surface area contributed by atoms with Gasteiger partial charge in [0.2, 0.25) is 0 Å². The van der Waals surface area contributed by atoms with Gasteiger partial charge in [0.1, 0.15) is 0 Å². The van der Waals surface area contributed by atoms with Crippen LogP contribution in [0.15, 0.2) is 18.2 Å². The highest BCUT2D eigenvalue weighted by Crippen LogP contribution is 2.31. The maximum Gasteiger partial charge on any atom is 0.0809 e. The minimum absolute atomic E-state index is 0.350. The van der Waals surface area contributed by atoms with E-state index in [4.69, 9.17) is 9.47 Å². The Bertz CT molecular complexity index is 455. The summed E-state index contributed by atoms with van der Waals surface area (Å²) in [5.41, 5.74) is 4.39. The first-order chi connectivity index (χ1) is 10.3. The van der Waals surface area contributed by atoms with Crippen LogP contribution in [0.1, 0.15) is 48.4 Å². The van der Waals surface area contributed by atoms with Gasteiger partial charge in [0.05, 0.1) is 12.7 Å². The monoisotopic (exact) mass is 289 g/mol. The Hall–Kier alpha value is -0.900. The van der Waals surface area contributed by atoms with E-state index in [1.165, 1.54) is 36.0 Å². The van der Waals surface area contributed by atoms with Crippen molar-refractivity contribution < 1.29 is 9.47 Å². The fourth-order valence-corrected chi connectivity index (χ4v) is 3.37. The van der Waals surface area contributed by atoms with E-state index in [0.717, 1.165) is 39.2 Å². The van der Waals surface area contributed by atoms with Crippen molar-refractivity contribution >= 4 is 0 Å². The second kappa shape index (κ2) is 7.39. The second-order valence-electron chi connectivity index (χ2n) is 6.31. The largest absolute Gasteiger partial charge is 0.379 e. The molecule has 0 radical (unpaired) electrons. The Morgan fingerprint density at radius 1 is 1.33 bits per heavy atom. The van der Waals surface area contributed by atoms with Crippen LogP contribution in [-0.4, -0.2) is 32.5 Å². The highest BCUT2D eigenvalue weighted by Gasteiger charge is 2.21. The summed E-state index contributed by atoms with van der Waals surface area (Å²) in [5.74, 6) is 0. The Kier molecular flexibility index (Phi) is 5.28. The fraction of sp³-hybridized carbons (Fsp3) is 0.667. The molecule has 0 bridgehead atoms. The number of rotatable bonds is 7. The first kappa shape index (κ1) is 15.0. The molecule has 1 N–H and O–H groups in total. The van der Waals surface area contributed by atoms with Gasteiger partial charge in [0, 0.05) is 19.3 Å². The Labute approximate surface area is 128 Å². The van der Waals surface area contributed by atoms with Crippen molar-refractivity contribution in [3.05, 3.63) is 34.9 Å². The summed E-state index contributed by atoms with van der Waals surface area (Å²) < 4.78 is 11.3. The van der Waals surface area contributed by atoms with Gasteiger partial charge in [-0.2, -0.15) is 0 Å². The van der Waals surface area contributed by atoms with Crippen molar-refractivity contribution in [2.24, 2.45) is 0 Å². The van der Waals surface area contributed by atoms with E-state index in [1.54, 1.807) is 0 Å². The molecule has 1 aromatic carbocycles. The third-order valence-corrected chi connectivity index (χ3v) is 4.56. The lowest BCUT2D eigenvalue weighted by molar-refractivity contribution is 0.0165. The maximum atomic E-state index is 5.71. The molecule has 0 aromatic heterocycles. The molecule has 1 aliphatic heterocycles. The minimum atomic E-state index is 0.350. The molecule has 1 heterocycles. The van der Waals surface area contributed by atoms with E-state index in [2.05, 4.69) is 30.4 Å². The van der Waals surface area contributed by atoms with Gasteiger partial charge in [-0.15, -0.1) is 0 Å². The van der Waals surface area contributed by atoms with Crippen molar-refractivity contribution in [2.75, 3.05) is 26.4 Å². The first-order valence-electron chi connectivity index (χ1n) is 8.35. The molecule has 2 atom stereocenters. The lowest BCUT2D eigenvalue weighted by atomic mass is 10.1. The molecule has 116 valence electrons. The zero-order valence-corrected chi connectivity index (χ0v) is 13.1. The molecule has 21 heavy (non-hydrogen) atoms. The van der Waals surface area contributed by atoms with Gasteiger partial charge >= 0.3 is 0 Å². The van der Waals surface area contributed by atoms with E-state index in [1.807, 2.05) is 0 Å². The quantitative estimate of drug-likeness (QED) is 0.782. The Morgan fingerprint density at radius 3 is 3.14 bits per heavy atom. The van der Waals surface area contributed by atoms with Crippen LogP contribution in [-0.2, 0) is 15.9 Å². The molecule has 3 nitrogen and oxygen atoms in total. The van der Waals surface area contributed by atoms with Gasteiger partial charge in [-0.05, 0) is 56.7 Å². The van der Waals surface area contributed by atoms with Crippen LogP contribution in [0.5, 0.6) is 0 Å². The predicted molar refractivity (Wildman–Crippen MR) is 84.7 cm³/mol. The van der Waals surface area contributed by atoms with Crippen LogP contribution in [0.2, 0.25) is 0 Å². The SMILES string of the molecule is Cc1ccc2c(c1)C(NCCCOCC1CCCO1)CC2. The van der Waals surface area contributed by atoms with Gasteiger partial charge in [-0.3, -0.25) is 0 Å². The number of nitrogens with one attached hydrogen (secondary N) is 1. The second-order valence-corrected chi connectivity index (χ2v) is 6.31. The third kappa shape index (κ3) is 4.06. The number of aryl methyl sites for hydroxylation is 2. The topological polar surface area (TPSA) is 30.5 Å². The van der Waals surface area contributed by atoms with Crippen LogP contribution >= 0.6 is 0 Å². The molecule has 1 fully saturated rings. The standard InChI is InChI=1S/C18H27NO2/c1-14-5-6-15-7-8-18(17(15)12-14)19-9-3-10-20-13-16-4-2-11-21-16/h5-6,12,16,18-19H,2-4,7-11,13H2,1H3. The van der Waals surface area contributed by atoms with Crippen LogP contribution in [0.3, 0.4) is 0 Å².